The van der Waals surface area contributed by atoms with Crippen molar-refractivity contribution < 1.29 is 23.8 Å². The monoisotopic (exact) mass is 471 g/mol. The average Bonchev–Trinajstić information content (AvgIpc) is 2.83. The van der Waals surface area contributed by atoms with E-state index in [1.54, 1.807) is 7.05 Å². The van der Waals surface area contributed by atoms with Gasteiger partial charge in [-0.3, -0.25) is 9.59 Å². The fourth-order valence-corrected chi connectivity index (χ4v) is 3.26. The SMILES string of the molecule is CC(C)(C)OC=O.CN[C@H]1COCC(Cc2ccccc2)CC(C)OC1=O.Cc1ccccc1. The van der Waals surface area contributed by atoms with Crippen molar-refractivity contribution in [2.24, 2.45) is 5.92 Å². The quantitative estimate of drug-likeness (QED) is 0.513. The third-order valence-corrected chi connectivity index (χ3v) is 4.96. The lowest BCUT2D eigenvalue weighted by molar-refractivity contribution is -0.151. The van der Waals surface area contributed by atoms with E-state index in [0.717, 1.165) is 12.8 Å². The molecule has 3 atom stereocenters. The molecule has 6 nitrogen and oxygen atoms in total. The highest BCUT2D eigenvalue weighted by Gasteiger charge is 2.25. The van der Waals surface area contributed by atoms with Crippen LogP contribution in [0.1, 0.15) is 45.2 Å². The third kappa shape index (κ3) is 13.8. The second-order valence-corrected chi connectivity index (χ2v) is 9.40. The number of carbonyl (C=O) groups is 2. The predicted octanol–water partition coefficient (Wildman–Crippen LogP) is 4.74. The normalized spacial score (nSPS) is 20.5. The summed E-state index contributed by atoms with van der Waals surface area (Å²) >= 11 is 0. The van der Waals surface area contributed by atoms with Crippen LogP contribution in [0.3, 0.4) is 0 Å². The van der Waals surface area contributed by atoms with Gasteiger partial charge >= 0.3 is 5.97 Å². The highest BCUT2D eigenvalue weighted by Crippen LogP contribution is 2.18. The van der Waals surface area contributed by atoms with Gasteiger partial charge in [-0.15, -0.1) is 0 Å². The highest BCUT2D eigenvalue weighted by atomic mass is 16.6. The third-order valence-electron chi connectivity index (χ3n) is 4.96. The number of hydrogen-bond donors (Lipinski definition) is 1. The van der Waals surface area contributed by atoms with Crippen molar-refractivity contribution >= 4 is 12.4 Å². The van der Waals surface area contributed by atoms with E-state index in [2.05, 4.69) is 41.2 Å². The number of cyclic esters (lactones) is 1. The minimum Gasteiger partial charge on any atom is -0.462 e. The largest absolute Gasteiger partial charge is 0.462 e. The molecule has 0 amide bonds. The first-order valence-corrected chi connectivity index (χ1v) is 11.8. The van der Waals surface area contributed by atoms with Gasteiger partial charge in [-0.1, -0.05) is 66.2 Å². The van der Waals surface area contributed by atoms with Crippen LogP contribution in [0.25, 0.3) is 0 Å². The molecule has 0 radical (unpaired) electrons. The molecule has 1 aliphatic rings. The van der Waals surface area contributed by atoms with Crippen molar-refractivity contribution in [2.45, 2.75) is 65.2 Å². The molecule has 1 heterocycles. The predicted molar refractivity (Wildman–Crippen MR) is 136 cm³/mol. The first-order chi connectivity index (χ1) is 16.1. The summed E-state index contributed by atoms with van der Waals surface area (Å²) in [5, 5.41) is 2.93. The smallest absolute Gasteiger partial charge is 0.325 e. The molecule has 0 aromatic heterocycles. The highest BCUT2D eigenvalue weighted by molar-refractivity contribution is 5.76. The van der Waals surface area contributed by atoms with E-state index in [0.29, 0.717) is 25.6 Å². The van der Waals surface area contributed by atoms with E-state index in [9.17, 15) is 9.59 Å². The minimum atomic E-state index is -0.368. The number of rotatable bonds is 4. The van der Waals surface area contributed by atoms with Gasteiger partial charge in [0.05, 0.1) is 12.7 Å². The van der Waals surface area contributed by atoms with E-state index in [1.165, 1.54) is 11.1 Å². The van der Waals surface area contributed by atoms with Gasteiger partial charge < -0.3 is 19.5 Å². The average molecular weight is 472 g/mol. The summed E-state index contributed by atoms with van der Waals surface area (Å²) in [5.74, 6) is 0.149. The fourth-order valence-electron chi connectivity index (χ4n) is 3.26. The first-order valence-electron chi connectivity index (χ1n) is 11.8. The summed E-state index contributed by atoms with van der Waals surface area (Å²) in [4.78, 5) is 21.5. The number of likely N-dealkylation sites (N-methyl/N-ethyl adjacent to an activating group) is 1. The number of ether oxygens (including phenoxy) is 3. The van der Waals surface area contributed by atoms with E-state index in [-0.39, 0.29) is 23.7 Å². The van der Waals surface area contributed by atoms with Crippen LogP contribution in [0.5, 0.6) is 0 Å². The summed E-state index contributed by atoms with van der Waals surface area (Å²) < 4.78 is 15.7. The molecule has 3 rings (SSSR count). The van der Waals surface area contributed by atoms with Crippen molar-refractivity contribution in [1.29, 1.82) is 0 Å². The number of carbonyl (C=O) groups excluding carboxylic acids is 2. The topological polar surface area (TPSA) is 73.9 Å². The van der Waals surface area contributed by atoms with Crippen molar-refractivity contribution in [2.75, 3.05) is 20.3 Å². The number of benzene rings is 2. The molecule has 2 aromatic rings. The summed E-state index contributed by atoms with van der Waals surface area (Å²) in [6, 6.07) is 20.3. The van der Waals surface area contributed by atoms with E-state index < -0.39 is 0 Å². The molecule has 1 aliphatic heterocycles. The molecule has 6 heteroatoms. The van der Waals surface area contributed by atoms with Crippen molar-refractivity contribution in [3.8, 4) is 0 Å². The van der Waals surface area contributed by atoms with Gasteiger partial charge in [-0.05, 0) is 66.0 Å². The Labute approximate surface area is 205 Å². The van der Waals surface area contributed by atoms with Crippen LogP contribution >= 0.6 is 0 Å². The Morgan fingerprint density at radius 3 is 2.06 bits per heavy atom. The maximum atomic E-state index is 11.9. The molecular formula is C28H41NO5. The maximum absolute atomic E-state index is 11.9. The van der Waals surface area contributed by atoms with Gasteiger partial charge in [0.2, 0.25) is 0 Å². The van der Waals surface area contributed by atoms with Crippen LogP contribution in [-0.4, -0.2) is 50.4 Å². The van der Waals surface area contributed by atoms with Crippen molar-refractivity contribution in [1.82, 2.24) is 5.32 Å². The Bertz CT molecular complexity index is 805. The summed E-state index contributed by atoms with van der Waals surface area (Å²) in [6.45, 7) is 11.0. The Hall–Kier alpha value is -2.70. The van der Waals surface area contributed by atoms with Gasteiger partial charge in [-0.25, -0.2) is 0 Å². The summed E-state index contributed by atoms with van der Waals surface area (Å²) in [6.07, 6.45) is 1.71. The standard InChI is InChI=1S/C16H23NO3.C7H8.C5H10O2/c1-12-8-14(9-13-6-4-3-5-7-13)10-19-11-15(17-2)16(18)20-12;1-7-5-3-2-4-6-7;1-5(2,3)7-4-6/h3-7,12,14-15,17H,8-11H2,1-2H3;2-6H,1H3;4H,1-3H3/t12?,14?,15-;;/m0../s1. The molecule has 2 aromatic carbocycles. The van der Waals surface area contributed by atoms with Gasteiger partial charge in [-0.2, -0.15) is 0 Å². The number of esters is 1. The number of nitrogens with one attached hydrogen (secondary N) is 1. The number of aryl methyl sites for hydroxylation is 1. The lowest BCUT2D eigenvalue weighted by Crippen LogP contribution is -2.40. The van der Waals surface area contributed by atoms with Crippen molar-refractivity contribution in [3.63, 3.8) is 0 Å². The zero-order valence-electron chi connectivity index (χ0n) is 21.5. The zero-order valence-corrected chi connectivity index (χ0v) is 21.5. The second-order valence-electron chi connectivity index (χ2n) is 9.40. The van der Waals surface area contributed by atoms with Gasteiger partial charge in [0.15, 0.2) is 0 Å². The molecule has 34 heavy (non-hydrogen) atoms. The van der Waals surface area contributed by atoms with Gasteiger partial charge in [0.25, 0.3) is 6.47 Å². The van der Waals surface area contributed by atoms with Crippen LogP contribution in [0.4, 0.5) is 0 Å². The molecule has 0 saturated carbocycles. The Balaban J connectivity index is 0.000000337. The lowest BCUT2D eigenvalue weighted by atomic mass is 9.95. The summed E-state index contributed by atoms with van der Waals surface area (Å²) in [7, 11) is 1.75. The van der Waals surface area contributed by atoms with E-state index in [1.807, 2.05) is 64.1 Å². The molecular weight excluding hydrogens is 430 g/mol. The van der Waals surface area contributed by atoms with Crippen LogP contribution in [-0.2, 0) is 30.2 Å². The molecule has 2 unspecified atom stereocenters. The maximum Gasteiger partial charge on any atom is 0.325 e. The van der Waals surface area contributed by atoms with Crippen LogP contribution in [0.2, 0.25) is 0 Å². The van der Waals surface area contributed by atoms with E-state index in [4.69, 9.17) is 9.47 Å². The molecule has 0 bridgehead atoms. The second kappa shape index (κ2) is 16.0. The fraction of sp³-hybridized carbons (Fsp3) is 0.500. The zero-order chi connectivity index (χ0) is 25.4. The molecule has 1 N–H and O–H groups in total. The molecule has 1 saturated heterocycles. The Kier molecular flexibility index (Phi) is 13.8. The Morgan fingerprint density at radius 1 is 1.03 bits per heavy atom. The van der Waals surface area contributed by atoms with Crippen LogP contribution < -0.4 is 5.32 Å². The summed E-state index contributed by atoms with van der Waals surface area (Å²) in [5.41, 5.74) is 2.30. The molecule has 1 fully saturated rings. The van der Waals surface area contributed by atoms with Gasteiger partial charge in [0, 0.05) is 6.61 Å². The lowest BCUT2D eigenvalue weighted by Gasteiger charge is -2.19. The van der Waals surface area contributed by atoms with Crippen molar-refractivity contribution in [3.05, 3.63) is 71.8 Å². The minimum absolute atomic E-state index is 0.0752. The van der Waals surface area contributed by atoms with Crippen LogP contribution in [0.15, 0.2) is 60.7 Å². The molecule has 188 valence electrons. The van der Waals surface area contributed by atoms with Crippen LogP contribution in [0, 0.1) is 12.8 Å². The number of hydrogen-bond acceptors (Lipinski definition) is 6. The first kappa shape index (κ1) is 29.3. The van der Waals surface area contributed by atoms with Gasteiger partial charge in [0.1, 0.15) is 11.6 Å². The molecule has 0 aliphatic carbocycles. The Morgan fingerprint density at radius 2 is 1.62 bits per heavy atom. The molecule has 0 spiro atoms. The van der Waals surface area contributed by atoms with E-state index >= 15 is 0 Å².